The number of carbonyl (C=O) groups excluding carboxylic acids is 1. The van der Waals surface area contributed by atoms with Gasteiger partial charge >= 0.3 is 12.3 Å². The van der Waals surface area contributed by atoms with Crippen molar-refractivity contribution in [1.29, 1.82) is 0 Å². The number of alkyl halides is 3. The first-order chi connectivity index (χ1) is 11.5. The molecule has 138 valence electrons. The van der Waals surface area contributed by atoms with Crippen molar-refractivity contribution >= 4 is 11.8 Å². The Kier molecular flexibility index (Phi) is 4.37. The number of halogens is 3. The highest BCUT2D eigenvalue weighted by atomic mass is 19.4. The maximum atomic E-state index is 12.5. The lowest BCUT2D eigenvalue weighted by Gasteiger charge is -2.42. The largest absolute Gasteiger partial charge is 0.444 e. The molecule has 1 amide bonds. The number of rotatable bonds is 2. The van der Waals surface area contributed by atoms with Crippen molar-refractivity contribution < 1.29 is 22.7 Å². The van der Waals surface area contributed by atoms with Gasteiger partial charge in [-0.1, -0.05) is 12.1 Å². The Morgan fingerprint density at radius 1 is 1.04 bits per heavy atom. The molecule has 7 heteroatoms. The molecule has 2 heterocycles. The Morgan fingerprint density at radius 2 is 1.60 bits per heavy atom. The predicted molar refractivity (Wildman–Crippen MR) is 88.7 cm³/mol. The summed E-state index contributed by atoms with van der Waals surface area (Å²) in [5, 5.41) is 0. The molecule has 2 saturated heterocycles. The van der Waals surface area contributed by atoms with Crippen molar-refractivity contribution in [3.05, 3.63) is 29.8 Å². The van der Waals surface area contributed by atoms with Gasteiger partial charge in [0, 0.05) is 37.8 Å². The van der Waals surface area contributed by atoms with Crippen LogP contribution in [0.15, 0.2) is 24.3 Å². The van der Waals surface area contributed by atoms with Crippen LogP contribution >= 0.6 is 0 Å². The fraction of sp³-hybridized carbons (Fsp3) is 0.611. The molecule has 0 aliphatic carbocycles. The molecule has 0 atom stereocenters. The van der Waals surface area contributed by atoms with E-state index >= 15 is 0 Å². The third-order valence-electron chi connectivity index (χ3n) is 4.61. The first-order valence-electron chi connectivity index (χ1n) is 8.42. The van der Waals surface area contributed by atoms with E-state index in [0.717, 1.165) is 11.3 Å². The maximum absolute atomic E-state index is 12.5. The Hall–Kier alpha value is -1.92. The molecular weight excluding hydrogens is 333 g/mol. The van der Waals surface area contributed by atoms with Crippen LogP contribution in [0.4, 0.5) is 23.7 Å². The molecule has 0 spiro atoms. The quantitative estimate of drug-likeness (QED) is 0.802. The van der Waals surface area contributed by atoms with Gasteiger partial charge < -0.3 is 14.5 Å². The van der Waals surface area contributed by atoms with Crippen LogP contribution in [-0.2, 0) is 4.74 Å². The fourth-order valence-corrected chi connectivity index (χ4v) is 3.02. The van der Waals surface area contributed by atoms with Crippen LogP contribution in [0.2, 0.25) is 0 Å². The van der Waals surface area contributed by atoms with Crippen LogP contribution in [0.5, 0.6) is 0 Å². The zero-order chi connectivity index (χ0) is 18.4. The van der Waals surface area contributed by atoms with Gasteiger partial charge in [-0.2, -0.15) is 13.2 Å². The number of benzene rings is 1. The molecule has 0 unspecified atom stereocenters. The van der Waals surface area contributed by atoms with Gasteiger partial charge in [-0.05, 0) is 38.5 Å². The van der Waals surface area contributed by atoms with E-state index in [0.29, 0.717) is 13.1 Å². The van der Waals surface area contributed by atoms with Gasteiger partial charge in [0.2, 0.25) is 0 Å². The smallest absolute Gasteiger partial charge is 0.410 e. The van der Waals surface area contributed by atoms with E-state index in [1.54, 1.807) is 9.80 Å². The molecule has 0 aromatic heterocycles. The topological polar surface area (TPSA) is 32.8 Å². The molecule has 0 bridgehead atoms. The van der Waals surface area contributed by atoms with Crippen molar-refractivity contribution in [3.63, 3.8) is 0 Å². The lowest BCUT2D eigenvalue weighted by molar-refractivity contribution is -0.180. The van der Waals surface area contributed by atoms with E-state index in [9.17, 15) is 18.0 Å². The summed E-state index contributed by atoms with van der Waals surface area (Å²) in [5.74, 6) is -0.970. The molecule has 2 fully saturated rings. The summed E-state index contributed by atoms with van der Waals surface area (Å²) in [7, 11) is 0. The SMILES string of the molecule is CC(C)(C)OC(=O)N1CC(c2ccc(N3CC(C(F)(F)F)C3)cc2)C1. The average molecular weight is 356 g/mol. The number of ether oxygens (including phenoxy) is 1. The summed E-state index contributed by atoms with van der Waals surface area (Å²) in [4.78, 5) is 15.3. The van der Waals surface area contributed by atoms with Crippen LogP contribution in [-0.4, -0.2) is 48.9 Å². The van der Waals surface area contributed by atoms with Crippen LogP contribution in [0.25, 0.3) is 0 Å². The third-order valence-corrected chi connectivity index (χ3v) is 4.61. The second kappa shape index (κ2) is 6.11. The zero-order valence-electron chi connectivity index (χ0n) is 14.6. The van der Waals surface area contributed by atoms with E-state index < -0.39 is 17.7 Å². The van der Waals surface area contributed by atoms with Gasteiger partial charge in [-0.15, -0.1) is 0 Å². The predicted octanol–water partition coefficient (Wildman–Crippen LogP) is 4.02. The van der Waals surface area contributed by atoms with Gasteiger partial charge in [0.05, 0.1) is 5.92 Å². The summed E-state index contributed by atoms with van der Waals surface area (Å²) in [6.07, 6.45) is -4.41. The number of carbonyl (C=O) groups is 1. The van der Waals surface area contributed by atoms with E-state index in [2.05, 4.69) is 0 Å². The molecule has 3 rings (SSSR count). The summed E-state index contributed by atoms with van der Waals surface area (Å²) in [6, 6.07) is 7.59. The van der Waals surface area contributed by atoms with Crippen LogP contribution in [0.1, 0.15) is 32.3 Å². The summed E-state index contributed by atoms with van der Waals surface area (Å²) in [5.41, 5.74) is 1.40. The van der Waals surface area contributed by atoms with Gasteiger partial charge in [-0.3, -0.25) is 0 Å². The lowest BCUT2D eigenvalue weighted by Crippen LogP contribution is -2.53. The molecule has 1 aromatic rings. The zero-order valence-corrected chi connectivity index (χ0v) is 14.6. The molecule has 0 radical (unpaired) electrons. The van der Waals surface area contributed by atoms with Crippen LogP contribution in [0, 0.1) is 5.92 Å². The molecule has 2 aliphatic heterocycles. The molecular formula is C18H23F3N2O2. The molecule has 0 saturated carbocycles. The summed E-state index contributed by atoms with van der Waals surface area (Å²) in [6.45, 7) is 6.76. The summed E-state index contributed by atoms with van der Waals surface area (Å²) < 4.78 is 43.0. The van der Waals surface area contributed by atoms with Gasteiger partial charge in [0.25, 0.3) is 0 Å². The number of likely N-dealkylation sites (tertiary alicyclic amines) is 1. The normalized spacial score (nSPS) is 19.4. The maximum Gasteiger partial charge on any atom is 0.410 e. The Balaban J connectivity index is 1.49. The first-order valence-corrected chi connectivity index (χ1v) is 8.42. The minimum Gasteiger partial charge on any atom is -0.444 e. The second-order valence-corrected chi connectivity index (χ2v) is 7.82. The Morgan fingerprint density at radius 3 is 2.08 bits per heavy atom. The third kappa shape index (κ3) is 4.02. The van der Waals surface area contributed by atoms with Gasteiger partial charge in [0.1, 0.15) is 5.60 Å². The van der Waals surface area contributed by atoms with E-state index in [-0.39, 0.29) is 25.1 Å². The highest BCUT2D eigenvalue weighted by molar-refractivity contribution is 5.69. The standard InChI is InChI=1S/C18H23F3N2O2/c1-17(2,3)25-16(24)23-8-13(9-23)12-4-6-15(7-5-12)22-10-14(11-22)18(19,20)21/h4-7,13-14H,8-11H2,1-3H3. The monoisotopic (exact) mass is 356 g/mol. The van der Waals surface area contributed by atoms with E-state index in [1.807, 2.05) is 45.0 Å². The van der Waals surface area contributed by atoms with Crippen molar-refractivity contribution in [2.45, 2.75) is 38.5 Å². The molecule has 4 nitrogen and oxygen atoms in total. The first kappa shape index (κ1) is 17.9. The minimum absolute atomic E-state index is 0.0265. The molecule has 25 heavy (non-hydrogen) atoms. The lowest BCUT2D eigenvalue weighted by atomic mass is 9.91. The minimum atomic E-state index is -4.10. The molecule has 2 aliphatic rings. The van der Waals surface area contributed by atoms with Gasteiger partial charge in [0.15, 0.2) is 0 Å². The number of hydrogen-bond acceptors (Lipinski definition) is 3. The van der Waals surface area contributed by atoms with Crippen LogP contribution in [0.3, 0.4) is 0 Å². The van der Waals surface area contributed by atoms with Crippen molar-refractivity contribution in [2.24, 2.45) is 5.92 Å². The Labute approximate surface area is 145 Å². The Bertz CT molecular complexity index is 625. The van der Waals surface area contributed by atoms with Crippen molar-refractivity contribution in [3.8, 4) is 0 Å². The fourth-order valence-electron chi connectivity index (χ4n) is 3.02. The van der Waals surface area contributed by atoms with Crippen molar-refractivity contribution in [2.75, 3.05) is 31.1 Å². The number of hydrogen-bond donors (Lipinski definition) is 0. The molecule has 0 N–H and O–H groups in total. The number of anilines is 1. The van der Waals surface area contributed by atoms with Crippen molar-refractivity contribution in [1.82, 2.24) is 4.90 Å². The average Bonchev–Trinajstić information content (AvgIpc) is 2.33. The number of nitrogens with zero attached hydrogens (tertiary/aromatic N) is 2. The highest BCUT2D eigenvalue weighted by Crippen LogP contribution is 2.37. The molecule has 1 aromatic carbocycles. The van der Waals surface area contributed by atoms with E-state index in [1.165, 1.54) is 0 Å². The number of amides is 1. The van der Waals surface area contributed by atoms with E-state index in [4.69, 9.17) is 4.74 Å². The summed E-state index contributed by atoms with van der Waals surface area (Å²) >= 11 is 0. The van der Waals surface area contributed by atoms with Crippen LogP contribution < -0.4 is 4.90 Å². The van der Waals surface area contributed by atoms with Gasteiger partial charge in [-0.25, -0.2) is 4.79 Å². The highest BCUT2D eigenvalue weighted by Gasteiger charge is 2.47. The second-order valence-electron chi connectivity index (χ2n) is 7.82.